The van der Waals surface area contributed by atoms with E-state index in [0.29, 0.717) is 17.9 Å². The predicted octanol–water partition coefficient (Wildman–Crippen LogP) is 2.60. The molecule has 3 unspecified atom stereocenters. The number of hydrogen-bond donors (Lipinski definition) is 0. The molecule has 1 aromatic rings. The maximum absolute atomic E-state index is 12.7. The van der Waals surface area contributed by atoms with Crippen molar-refractivity contribution in [1.82, 2.24) is 0 Å². The van der Waals surface area contributed by atoms with Gasteiger partial charge in [0, 0.05) is 5.69 Å². The monoisotopic (exact) mass is 367 g/mol. The molecule has 0 aliphatic carbocycles. The molecular formula is C18H25NO5S. The molecule has 1 amide bonds. The Morgan fingerprint density at radius 1 is 1.28 bits per heavy atom. The Morgan fingerprint density at radius 2 is 1.88 bits per heavy atom. The smallest absolute Gasteiger partial charge is 0.264 e. The Kier molecular flexibility index (Phi) is 5.90. The lowest BCUT2D eigenvalue weighted by atomic mass is 9.75. The highest BCUT2D eigenvalue weighted by atomic mass is 32.2. The van der Waals surface area contributed by atoms with E-state index in [1.54, 1.807) is 42.4 Å². The van der Waals surface area contributed by atoms with E-state index in [2.05, 4.69) is 6.58 Å². The first-order valence-electron chi connectivity index (χ1n) is 8.16. The molecular weight excluding hydrogens is 342 g/mol. The van der Waals surface area contributed by atoms with E-state index in [4.69, 9.17) is 8.92 Å². The number of nitrogens with zero attached hydrogens (tertiary/aromatic N) is 1. The van der Waals surface area contributed by atoms with Gasteiger partial charge in [0.25, 0.3) is 10.1 Å². The van der Waals surface area contributed by atoms with Crippen molar-refractivity contribution in [2.75, 3.05) is 18.3 Å². The lowest BCUT2D eigenvalue weighted by Crippen LogP contribution is -2.68. The zero-order chi connectivity index (χ0) is 18.8. The van der Waals surface area contributed by atoms with Gasteiger partial charge in [0.2, 0.25) is 5.91 Å². The summed E-state index contributed by atoms with van der Waals surface area (Å²) >= 11 is 0. The van der Waals surface area contributed by atoms with Crippen LogP contribution in [-0.4, -0.2) is 39.8 Å². The van der Waals surface area contributed by atoms with Crippen molar-refractivity contribution in [3.63, 3.8) is 0 Å². The number of carbonyl (C=O) groups is 1. The second-order valence-electron chi connectivity index (χ2n) is 6.53. The number of hydrogen-bond acceptors (Lipinski definition) is 5. The fourth-order valence-corrected chi connectivity index (χ4v) is 3.92. The third-order valence-corrected chi connectivity index (χ3v) is 4.93. The fourth-order valence-electron chi connectivity index (χ4n) is 3.28. The van der Waals surface area contributed by atoms with Gasteiger partial charge in [-0.2, -0.15) is 8.42 Å². The van der Waals surface area contributed by atoms with Crippen molar-refractivity contribution in [3.8, 4) is 5.75 Å². The number of carbonyl (C=O) groups excluding carboxylic acids is 1. The van der Waals surface area contributed by atoms with Crippen LogP contribution >= 0.6 is 0 Å². The average molecular weight is 367 g/mol. The highest BCUT2D eigenvalue weighted by Gasteiger charge is 2.53. The third-order valence-electron chi connectivity index (χ3n) is 4.34. The number of benzene rings is 1. The Labute approximate surface area is 149 Å². The van der Waals surface area contributed by atoms with Crippen molar-refractivity contribution in [2.24, 2.45) is 11.8 Å². The van der Waals surface area contributed by atoms with Gasteiger partial charge >= 0.3 is 0 Å². The van der Waals surface area contributed by atoms with Gasteiger partial charge in [-0.05, 0) is 36.6 Å². The predicted molar refractivity (Wildman–Crippen MR) is 97.1 cm³/mol. The minimum Gasteiger partial charge on any atom is -0.497 e. The number of ether oxygens (including phenoxy) is 1. The summed E-state index contributed by atoms with van der Waals surface area (Å²) in [7, 11) is -2.08. The molecule has 1 saturated heterocycles. The van der Waals surface area contributed by atoms with Gasteiger partial charge in [0.15, 0.2) is 0 Å². The Morgan fingerprint density at radius 3 is 2.32 bits per heavy atom. The molecule has 1 aromatic carbocycles. The van der Waals surface area contributed by atoms with Crippen molar-refractivity contribution >= 4 is 21.7 Å². The molecule has 2 rings (SSSR count). The van der Waals surface area contributed by atoms with Crippen LogP contribution in [0.1, 0.15) is 20.3 Å². The molecule has 0 aromatic heterocycles. The summed E-state index contributed by atoms with van der Waals surface area (Å²) in [6.45, 7) is 7.59. The summed E-state index contributed by atoms with van der Waals surface area (Å²) in [6.07, 6.45) is 2.30. The minimum absolute atomic E-state index is 0.0312. The number of β-lactam (4-membered cyclic amide) rings is 1. The molecule has 1 heterocycles. The lowest BCUT2D eigenvalue weighted by molar-refractivity contribution is -0.135. The first-order valence-corrected chi connectivity index (χ1v) is 9.97. The van der Waals surface area contributed by atoms with Crippen LogP contribution < -0.4 is 9.64 Å². The molecule has 0 spiro atoms. The number of amides is 1. The molecule has 6 nitrogen and oxygen atoms in total. The van der Waals surface area contributed by atoms with Gasteiger partial charge in [-0.1, -0.05) is 19.9 Å². The molecule has 25 heavy (non-hydrogen) atoms. The number of rotatable bonds is 8. The molecule has 138 valence electrons. The molecule has 0 radical (unpaired) electrons. The second-order valence-corrected chi connectivity index (χ2v) is 8.13. The summed E-state index contributed by atoms with van der Waals surface area (Å²) in [5, 5.41) is 0. The van der Waals surface area contributed by atoms with Crippen LogP contribution in [0.15, 0.2) is 36.9 Å². The Bertz CT molecular complexity index is 726. The van der Waals surface area contributed by atoms with Crippen LogP contribution in [0.25, 0.3) is 0 Å². The van der Waals surface area contributed by atoms with E-state index in [1.165, 1.54) is 0 Å². The van der Waals surface area contributed by atoms with Crippen molar-refractivity contribution < 1.29 is 22.1 Å². The van der Waals surface area contributed by atoms with Crippen LogP contribution in [0.5, 0.6) is 5.75 Å². The van der Waals surface area contributed by atoms with Crippen molar-refractivity contribution in [1.29, 1.82) is 0 Å². The summed E-state index contributed by atoms with van der Waals surface area (Å²) in [6, 6.07) is 6.73. The molecule has 3 atom stereocenters. The molecule has 7 heteroatoms. The zero-order valence-electron chi connectivity index (χ0n) is 15.0. The Balaban J connectivity index is 2.38. The van der Waals surface area contributed by atoms with Gasteiger partial charge in [-0.3, -0.25) is 8.98 Å². The van der Waals surface area contributed by atoms with E-state index in [0.717, 1.165) is 6.26 Å². The summed E-state index contributed by atoms with van der Waals surface area (Å²) in [5.74, 6) is 0.427. The molecule has 0 bridgehead atoms. The third kappa shape index (κ3) is 4.22. The second kappa shape index (κ2) is 7.58. The molecule has 1 aliphatic rings. The highest BCUT2D eigenvalue weighted by molar-refractivity contribution is 7.86. The first-order chi connectivity index (χ1) is 11.7. The van der Waals surface area contributed by atoms with E-state index in [1.807, 2.05) is 13.8 Å². The van der Waals surface area contributed by atoms with Crippen molar-refractivity contribution in [3.05, 3.63) is 36.9 Å². The standard InChI is InChI=1S/C18H25NO5S/c1-6-7-15(24-25(5,21)22)17-16(12(2)3)18(20)19(17)13-8-10-14(23-4)11-9-13/h6,8-12,15-17H,1,7H2,2-5H3. The summed E-state index contributed by atoms with van der Waals surface area (Å²) < 4.78 is 33.8. The molecule has 0 saturated carbocycles. The summed E-state index contributed by atoms with van der Waals surface area (Å²) in [5.41, 5.74) is 0.693. The largest absolute Gasteiger partial charge is 0.497 e. The molecule has 1 aliphatic heterocycles. The normalized spacial score (nSPS) is 21.8. The summed E-state index contributed by atoms with van der Waals surface area (Å²) in [4.78, 5) is 14.3. The van der Waals surface area contributed by atoms with Crippen LogP contribution in [0, 0.1) is 11.8 Å². The quantitative estimate of drug-likeness (QED) is 0.401. The number of anilines is 1. The Hall–Kier alpha value is -1.86. The van der Waals surface area contributed by atoms with E-state index < -0.39 is 16.2 Å². The maximum atomic E-state index is 12.7. The van der Waals surface area contributed by atoms with Crippen LogP contribution in [0.3, 0.4) is 0 Å². The van der Waals surface area contributed by atoms with Gasteiger partial charge in [0.05, 0.1) is 25.3 Å². The maximum Gasteiger partial charge on any atom is 0.264 e. The van der Waals surface area contributed by atoms with Gasteiger partial charge in [0.1, 0.15) is 11.9 Å². The van der Waals surface area contributed by atoms with E-state index in [-0.39, 0.29) is 23.8 Å². The van der Waals surface area contributed by atoms with Crippen LogP contribution in [0.4, 0.5) is 5.69 Å². The van der Waals surface area contributed by atoms with Crippen molar-refractivity contribution in [2.45, 2.75) is 32.4 Å². The number of methoxy groups -OCH3 is 1. The van der Waals surface area contributed by atoms with Crippen LogP contribution in [-0.2, 0) is 19.1 Å². The van der Waals surface area contributed by atoms with E-state index >= 15 is 0 Å². The van der Waals surface area contributed by atoms with Gasteiger partial charge in [-0.15, -0.1) is 6.58 Å². The van der Waals surface area contributed by atoms with Gasteiger partial charge in [-0.25, -0.2) is 0 Å². The molecule has 1 fully saturated rings. The van der Waals surface area contributed by atoms with Crippen LogP contribution in [0.2, 0.25) is 0 Å². The molecule has 0 N–H and O–H groups in total. The topological polar surface area (TPSA) is 72.9 Å². The highest BCUT2D eigenvalue weighted by Crippen LogP contribution is 2.41. The fraction of sp³-hybridized carbons (Fsp3) is 0.500. The SMILES string of the molecule is C=CCC(OS(C)(=O)=O)C1C(C(C)C)C(=O)N1c1ccc(OC)cc1. The minimum atomic E-state index is -3.66. The average Bonchev–Trinajstić information content (AvgIpc) is 2.51. The van der Waals surface area contributed by atoms with Gasteiger partial charge < -0.3 is 9.64 Å². The lowest BCUT2D eigenvalue weighted by Gasteiger charge is -2.51. The zero-order valence-corrected chi connectivity index (χ0v) is 15.8. The first kappa shape index (κ1) is 19.5. The van der Waals surface area contributed by atoms with E-state index in [9.17, 15) is 13.2 Å².